The van der Waals surface area contributed by atoms with E-state index in [9.17, 15) is 27.5 Å². The molecular formula is C13H15FN2O5S. The molecule has 0 atom stereocenters. The van der Waals surface area contributed by atoms with E-state index in [-0.39, 0.29) is 12.8 Å². The number of nitrogens with one attached hydrogen (secondary N) is 1. The van der Waals surface area contributed by atoms with E-state index in [0.717, 1.165) is 18.2 Å². The Morgan fingerprint density at radius 2 is 1.86 bits per heavy atom. The Hall–Kier alpha value is -2.00. The number of carbonyl (C=O) groups excluding carboxylic acids is 1. The zero-order chi connectivity index (χ0) is 16.5. The van der Waals surface area contributed by atoms with E-state index < -0.39 is 43.7 Å². The van der Waals surface area contributed by atoms with Crippen molar-refractivity contribution in [2.24, 2.45) is 5.14 Å². The summed E-state index contributed by atoms with van der Waals surface area (Å²) < 4.78 is 36.3. The van der Waals surface area contributed by atoms with Crippen LogP contribution < -0.4 is 10.5 Å². The van der Waals surface area contributed by atoms with Crippen molar-refractivity contribution in [1.82, 2.24) is 5.32 Å². The van der Waals surface area contributed by atoms with Crippen LogP contribution >= 0.6 is 0 Å². The number of aliphatic carboxylic acids is 1. The van der Waals surface area contributed by atoms with Crippen LogP contribution in [-0.4, -0.2) is 30.9 Å². The van der Waals surface area contributed by atoms with Crippen LogP contribution in [0.25, 0.3) is 0 Å². The van der Waals surface area contributed by atoms with Gasteiger partial charge in [0.2, 0.25) is 10.0 Å². The lowest BCUT2D eigenvalue weighted by molar-refractivity contribution is -0.144. The molecule has 2 rings (SSSR count). The number of primary sulfonamides is 1. The van der Waals surface area contributed by atoms with Gasteiger partial charge in [-0.2, -0.15) is 0 Å². The van der Waals surface area contributed by atoms with Crippen LogP contribution in [0.1, 0.15) is 36.0 Å². The van der Waals surface area contributed by atoms with Gasteiger partial charge in [-0.25, -0.2) is 22.7 Å². The number of rotatable bonds is 4. The molecule has 0 heterocycles. The molecule has 0 radical (unpaired) electrons. The van der Waals surface area contributed by atoms with Gasteiger partial charge in [-0.15, -0.1) is 0 Å². The third kappa shape index (κ3) is 3.09. The van der Waals surface area contributed by atoms with Crippen LogP contribution in [0.4, 0.5) is 4.39 Å². The van der Waals surface area contributed by atoms with Crippen LogP contribution in [0.2, 0.25) is 0 Å². The largest absolute Gasteiger partial charge is 0.480 e. The zero-order valence-corrected chi connectivity index (χ0v) is 12.3. The molecule has 1 aromatic carbocycles. The summed E-state index contributed by atoms with van der Waals surface area (Å²) in [7, 11) is -4.10. The lowest BCUT2D eigenvalue weighted by Crippen LogP contribution is -2.52. The number of hydrogen-bond acceptors (Lipinski definition) is 4. The topological polar surface area (TPSA) is 127 Å². The fourth-order valence-corrected chi connectivity index (χ4v) is 3.05. The normalized spacial score (nSPS) is 17.2. The number of amides is 1. The molecule has 7 nitrogen and oxygen atoms in total. The highest BCUT2D eigenvalue weighted by Crippen LogP contribution is 2.30. The Labute approximate surface area is 126 Å². The lowest BCUT2D eigenvalue weighted by atomic mass is 9.97. The van der Waals surface area contributed by atoms with E-state index >= 15 is 0 Å². The molecule has 0 unspecified atom stereocenters. The molecule has 4 N–H and O–H groups in total. The van der Waals surface area contributed by atoms with Gasteiger partial charge in [-0.05, 0) is 31.0 Å². The van der Waals surface area contributed by atoms with Gasteiger partial charge in [0.15, 0.2) is 0 Å². The van der Waals surface area contributed by atoms with Gasteiger partial charge in [-0.1, -0.05) is 12.8 Å². The summed E-state index contributed by atoms with van der Waals surface area (Å²) in [5.41, 5.74) is -2.00. The fourth-order valence-electron chi connectivity index (χ4n) is 2.51. The molecule has 0 saturated heterocycles. The Bertz CT molecular complexity index is 726. The van der Waals surface area contributed by atoms with Crippen molar-refractivity contribution in [2.75, 3.05) is 0 Å². The first-order valence-corrected chi connectivity index (χ1v) is 8.09. The van der Waals surface area contributed by atoms with E-state index in [1.807, 2.05) is 0 Å². The highest BCUT2D eigenvalue weighted by atomic mass is 32.2. The second-order valence-electron chi connectivity index (χ2n) is 5.24. The SMILES string of the molecule is NS(=O)(=O)c1ccc(F)c(C(=O)NC2(C(=O)O)CCCC2)c1. The molecule has 1 aliphatic carbocycles. The van der Waals surface area contributed by atoms with E-state index in [2.05, 4.69) is 5.32 Å². The molecule has 1 amide bonds. The monoisotopic (exact) mass is 330 g/mol. The summed E-state index contributed by atoms with van der Waals surface area (Å²) >= 11 is 0. The van der Waals surface area contributed by atoms with Gasteiger partial charge in [0.25, 0.3) is 5.91 Å². The molecular weight excluding hydrogens is 315 g/mol. The van der Waals surface area contributed by atoms with Gasteiger partial charge in [0, 0.05) is 0 Å². The van der Waals surface area contributed by atoms with Gasteiger partial charge in [-0.3, -0.25) is 4.79 Å². The minimum Gasteiger partial charge on any atom is -0.480 e. The van der Waals surface area contributed by atoms with Crippen molar-refractivity contribution < 1.29 is 27.5 Å². The van der Waals surface area contributed by atoms with E-state index in [0.29, 0.717) is 12.8 Å². The van der Waals surface area contributed by atoms with E-state index in [4.69, 9.17) is 5.14 Å². The molecule has 1 saturated carbocycles. The first-order chi connectivity index (χ1) is 10.2. The average Bonchev–Trinajstić information content (AvgIpc) is 2.87. The van der Waals surface area contributed by atoms with Crippen LogP contribution in [0.15, 0.2) is 23.1 Å². The number of sulfonamides is 1. The summed E-state index contributed by atoms with van der Waals surface area (Å²) in [6, 6.07) is 2.53. The maximum atomic E-state index is 13.8. The van der Waals surface area contributed by atoms with Gasteiger partial charge < -0.3 is 10.4 Å². The maximum absolute atomic E-state index is 13.8. The molecule has 22 heavy (non-hydrogen) atoms. The molecule has 1 aliphatic rings. The van der Waals surface area contributed by atoms with Gasteiger partial charge >= 0.3 is 5.97 Å². The summed E-state index contributed by atoms with van der Waals surface area (Å²) in [4.78, 5) is 23.1. The molecule has 1 fully saturated rings. The van der Waals surface area contributed by atoms with E-state index in [1.54, 1.807) is 0 Å². The Morgan fingerprint density at radius 3 is 2.36 bits per heavy atom. The molecule has 0 aliphatic heterocycles. The van der Waals surface area contributed by atoms with Crippen LogP contribution in [0, 0.1) is 5.82 Å². The zero-order valence-electron chi connectivity index (χ0n) is 11.5. The molecule has 0 spiro atoms. The first kappa shape index (κ1) is 16.4. The fraction of sp³-hybridized carbons (Fsp3) is 0.385. The third-order valence-electron chi connectivity index (χ3n) is 3.73. The number of halogens is 1. The number of carboxylic acid groups (broad SMARTS) is 1. The maximum Gasteiger partial charge on any atom is 0.329 e. The van der Waals surface area contributed by atoms with Crippen molar-refractivity contribution >= 4 is 21.9 Å². The second kappa shape index (κ2) is 5.65. The number of nitrogens with two attached hydrogens (primary N) is 1. The van der Waals surface area contributed by atoms with E-state index in [1.165, 1.54) is 0 Å². The average molecular weight is 330 g/mol. The number of carboxylic acids is 1. The standard InChI is InChI=1S/C13H15FN2O5S/c14-10-4-3-8(22(15,20)21)7-9(10)11(17)16-13(12(18)19)5-1-2-6-13/h3-4,7H,1-2,5-6H2,(H,16,17)(H,18,19)(H2,15,20,21). The summed E-state index contributed by atoms with van der Waals surface area (Å²) in [5.74, 6) is -3.13. The minimum atomic E-state index is -4.10. The van der Waals surface area contributed by atoms with Gasteiger partial charge in [0.05, 0.1) is 10.5 Å². The highest BCUT2D eigenvalue weighted by molar-refractivity contribution is 7.89. The predicted octanol–water partition coefficient (Wildman–Crippen LogP) is 0.600. The first-order valence-electron chi connectivity index (χ1n) is 6.54. The Morgan fingerprint density at radius 1 is 1.27 bits per heavy atom. The van der Waals surface area contributed by atoms with Crippen molar-refractivity contribution in [2.45, 2.75) is 36.1 Å². The van der Waals surface area contributed by atoms with Crippen LogP contribution in [-0.2, 0) is 14.8 Å². The second-order valence-corrected chi connectivity index (χ2v) is 6.80. The molecule has 120 valence electrons. The van der Waals surface area contributed by atoms with Crippen molar-refractivity contribution in [3.8, 4) is 0 Å². The van der Waals surface area contributed by atoms with Crippen molar-refractivity contribution in [1.29, 1.82) is 0 Å². The third-order valence-corrected chi connectivity index (χ3v) is 4.64. The summed E-state index contributed by atoms with van der Waals surface area (Å²) in [6.07, 6.45) is 1.74. The quantitative estimate of drug-likeness (QED) is 0.745. The predicted molar refractivity (Wildman–Crippen MR) is 74.1 cm³/mol. The molecule has 0 bridgehead atoms. The van der Waals surface area contributed by atoms with Crippen LogP contribution in [0.5, 0.6) is 0 Å². The smallest absolute Gasteiger partial charge is 0.329 e. The number of carbonyl (C=O) groups is 2. The van der Waals surface area contributed by atoms with Gasteiger partial charge in [0.1, 0.15) is 11.4 Å². The highest BCUT2D eigenvalue weighted by Gasteiger charge is 2.43. The Kier molecular flexibility index (Phi) is 4.21. The Balaban J connectivity index is 2.35. The lowest BCUT2D eigenvalue weighted by Gasteiger charge is -2.25. The number of hydrogen-bond donors (Lipinski definition) is 3. The van der Waals surface area contributed by atoms with Crippen molar-refractivity contribution in [3.05, 3.63) is 29.6 Å². The molecule has 9 heteroatoms. The van der Waals surface area contributed by atoms with Crippen molar-refractivity contribution in [3.63, 3.8) is 0 Å². The number of benzene rings is 1. The van der Waals surface area contributed by atoms with Crippen LogP contribution in [0.3, 0.4) is 0 Å². The summed E-state index contributed by atoms with van der Waals surface area (Å²) in [5, 5.41) is 16.5. The molecule has 0 aromatic heterocycles. The minimum absolute atomic E-state index is 0.241. The molecule has 1 aromatic rings. The summed E-state index contributed by atoms with van der Waals surface area (Å²) in [6.45, 7) is 0.